The number of rotatable bonds is 9. The van der Waals surface area contributed by atoms with Crippen molar-refractivity contribution in [3.63, 3.8) is 0 Å². The first-order valence-corrected chi connectivity index (χ1v) is 9.77. The van der Waals surface area contributed by atoms with Gasteiger partial charge < -0.3 is 18.9 Å². The Balaban J connectivity index is 2.12. The summed E-state index contributed by atoms with van der Waals surface area (Å²) in [6.45, 7) is 2.03. The van der Waals surface area contributed by atoms with E-state index in [0.717, 1.165) is 11.1 Å². The summed E-state index contributed by atoms with van der Waals surface area (Å²) >= 11 is 0. The standard InChI is InChI=1S/C19H25NO6S/c1-13-10-15(6-7-16(13)23-2)27(21,22)20-9-8-14-11-17(24-3)19(26-5)18(12-14)25-4/h6-7,10-12,20H,8-9H2,1-5H3. The van der Waals surface area contributed by atoms with Crippen molar-refractivity contribution >= 4 is 10.0 Å². The molecule has 0 fully saturated rings. The highest BCUT2D eigenvalue weighted by atomic mass is 32.2. The van der Waals surface area contributed by atoms with Crippen LogP contribution in [-0.2, 0) is 16.4 Å². The Bertz CT molecular complexity index is 870. The highest BCUT2D eigenvalue weighted by molar-refractivity contribution is 7.89. The minimum Gasteiger partial charge on any atom is -0.496 e. The number of benzene rings is 2. The molecule has 0 heterocycles. The molecule has 0 bridgehead atoms. The molecule has 0 amide bonds. The van der Waals surface area contributed by atoms with Crippen molar-refractivity contribution in [2.75, 3.05) is 35.0 Å². The molecule has 2 aromatic rings. The van der Waals surface area contributed by atoms with Crippen molar-refractivity contribution < 1.29 is 27.4 Å². The summed E-state index contributed by atoms with van der Waals surface area (Å²) in [5, 5.41) is 0. The third-order valence-corrected chi connectivity index (χ3v) is 5.57. The smallest absolute Gasteiger partial charge is 0.240 e. The molecule has 0 saturated carbocycles. The van der Waals surface area contributed by atoms with Crippen molar-refractivity contribution in [2.24, 2.45) is 0 Å². The Morgan fingerprint density at radius 3 is 1.93 bits per heavy atom. The Hall–Kier alpha value is -2.45. The second-order valence-corrected chi connectivity index (χ2v) is 7.58. The fourth-order valence-electron chi connectivity index (χ4n) is 2.71. The van der Waals surface area contributed by atoms with Gasteiger partial charge in [-0.15, -0.1) is 0 Å². The fourth-order valence-corrected chi connectivity index (χ4v) is 3.83. The van der Waals surface area contributed by atoms with Gasteiger partial charge in [0.25, 0.3) is 0 Å². The minimum atomic E-state index is -3.61. The van der Waals surface area contributed by atoms with Crippen LogP contribution < -0.4 is 23.7 Å². The highest BCUT2D eigenvalue weighted by Gasteiger charge is 2.16. The normalized spacial score (nSPS) is 11.1. The number of hydrogen-bond acceptors (Lipinski definition) is 6. The second-order valence-electron chi connectivity index (χ2n) is 5.81. The molecule has 0 radical (unpaired) electrons. The molecule has 148 valence electrons. The maximum Gasteiger partial charge on any atom is 0.240 e. The van der Waals surface area contributed by atoms with E-state index in [-0.39, 0.29) is 11.4 Å². The Morgan fingerprint density at radius 2 is 1.44 bits per heavy atom. The first-order valence-electron chi connectivity index (χ1n) is 8.29. The molecule has 0 unspecified atom stereocenters. The lowest BCUT2D eigenvalue weighted by Crippen LogP contribution is -2.26. The number of ether oxygens (including phenoxy) is 4. The molecule has 8 heteroatoms. The molecular weight excluding hydrogens is 370 g/mol. The van der Waals surface area contributed by atoms with E-state index in [1.165, 1.54) is 27.4 Å². The quantitative estimate of drug-likeness (QED) is 0.703. The molecule has 7 nitrogen and oxygen atoms in total. The maximum absolute atomic E-state index is 12.5. The average molecular weight is 395 g/mol. The van der Waals surface area contributed by atoms with Crippen LogP contribution >= 0.6 is 0 Å². The van der Waals surface area contributed by atoms with Crippen LogP contribution in [-0.4, -0.2) is 43.4 Å². The Kier molecular flexibility index (Phi) is 6.92. The molecule has 0 spiro atoms. The van der Waals surface area contributed by atoms with E-state index in [4.69, 9.17) is 18.9 Å². The molecule has 2 rings (SSSR count). The van der Waals surface area contributed by atoms with Crippen molar-refractivity contribution in [3.05, 3.63) is 41.5 Å². The van der Waals surface area contributed by atoms with E-state index in [1.54, 1.807) is 38.3 Å². The topological polar surface area (TPSA) is 83.1 Å². The number of aryl methyl sites for hydroxylation is 1. The van der Waals surface area contributed by atoms with Gasteiger partial charge in [0.15, 0.2) is 11.5 Å². The van der Waals surface area contributed by atoms with Gasteiger partial charge in [-0.05, 0) is 54.8 Å². The third-order valence-electron chi connectivity index (χ3n) is 4.11. The van der Waals surface area contributed by atoms with Gasteiger partial charge in [-0.25, -0.2) is 13.1 Å². The zero-order valence-electron chi connectivity index (χ0n) is 16.2. The van der Waals surface area contributed by atoms with E-state index in [0.29, 0.717) is 29.4 Å². The van der Waals surface area contributed by atoms with E-state index < -0.39 is 10.0 Å². The SMILES string of the molecule is COc1ccc(S(=O)(=O)NCCc2cc(OC)c(OC)c(OC)c2)cc1C. The monoisotopic (exact) mass is 395 g/mol. The van der Waals surface area contributed by atoms with Gasteiger partial charge in [0.2, 0.25) is 15.8 Å². The Labute approximate surface area is 160 Å². The largest absolute Gasteiger partial charge is 0.496 e. The number of methoxy groups -OCH3 is 4. The van der Waals surface area contributed by atoms with Crippen LogP contribution in [0.4, 0.5) is 0 Å². The number of sulfonamides is 1. The molecule has 27 heavy (non-hydrogen) atoms. The lowest BCUT2D eigenvalue weighted by Gasteiger charge is -2.14. The summed E-state index contributed by atoms with van der Waals surface area (Å²) in [5.74, 6) is 2.20. The average Bonchev–Trinajstić information content (AvgIpc) is 2.66. The predicted octanol–water partition coefficient (Wildman–Crippen LogP) is 2.55. The molecule has 0 aliphatic carbocycles. The van der Waals surface area contributed by atoms with Crippen molar-refractivity contribution in [2.45, 2.75) is 18.2 Å². The lowest BCUT2D eigenvalue weighted by molar-refractivity contribution is 0.324. The summed E-state index contributed by atoms with van der Waals surface area (Å²) in [6.07, 6.45) is 0.463. The first-order chi connectivity index (χ1) is 12.9. The van der Waals surface area contributed by atoms with Gasteiger partial charge in [-0.3, -0.25) is 0 Å². The molecule has 0 aromatic heterocycles. The van der Waals surface area contributed by atoms with Crippen LogP contribution in [0.3, 0.4) is 0 Å². The van der Waals surface area contributed by atoms with Gasteiger partial charge in [0.1, 0.15) is 5.75 Å². The van der Waals surface area contributed by atoms with E-state index in [1.807, 2.05) is 0 Å². The lowest BCUT2D eigenvalue weighted by atomic mass is 10.1. The minimum absolute atomic E-state index is 0.200. The molecule has 2 aromatic carbocycles. The maximum atomic E-state index is 12.5. The second kappa shape index (κ2) is 8.96. The summed E-state index contributed by atoms with van der Waals surface area (Å²) in [5.41, 5.74) is 1.61. The van der Waals surface area contributed by atoms with Gasteiger partial charge in [-0.1, -0.05) is 0 Å². The van der Waals surface area contributed by atoms with Crippen molar-refractivity contribution in [3.8, 4) is 23.0 Å². The van der Waals surface area contributed by atoms with Crippen molar-refractivity contribution in [1.82, 2.24) is 4.72 Å². The summed E-state index contributed by atoms with van der Waals surface area (Å²) in [7, 11) is 2.54. The zero-order valence-corrected chi connectivity index (χ0v) is 17.0. The summed E-state index contributed by atoms with van der Waals surface area (Å²) in [4.78, 5) is 0.200. The number of hydrogen-bond donors (Lipinski definition) is 1. The molecule has 1 N–H and O–H groups in total. The van der Waals surface area contributed by atoms with E-state index >= 15 is 0 Å². The summed E-state index contributed by atoms with van der Waals surface area (Å²) in [6, 6.07) is 8.34. The predicted molar refractivity (Wildman–Crippen MR) is 103 cm³/mol. The van der Waals surface area contributed by atoms with Crippen LogP contribution in [0.25, 0.3) is 0 Å². The van der Waals surface area contributed by atoms with Gasteiger partial charge >= 0.3 is 0 Å². The molecular formula is C19H25NO6S. The van der Waals surface area contributed by atoms with E-state index in [9.17, 15) is 8.42 Å². The van der Waals surface area contributed by atoms with Crippen LogP contribution in [0.5, 0.6) is 23.0 Å². The van der Waals surface area contributed by atoms with Crippen LogP contribution in [0, 0.1) is 6.92 Å². The molecule has 0 aliphatic rings. The molecule has 0 atom stereocenters. The fraction of sp³-hybridized carbons (Fsp3) is 0.368. The first kappa shape index (κ1) is 20.9. The van der Waals surface area contributed by atoms with Crippen LogP contribution in [0.15, 0.2) is 35.2 Å². The highest BCUT2D eigenvalue weighted by Crippen LogP contribution is 2.38. The van der Waals surface area contributed by atoms with Gasteiger partial charge in [-0.2, -0.15) is 0 Å². The number of nitrogens with one attached hydrogen (secondary N) is 1. The van der Waals surface area contributed by atoms with E-state index in [2.05, 4.69) is 4.72 Å². The van der Waals surface area contributed by atoms with Crippen LogP contribution in [0.2, 0.25) is 0 Å². The Morgan fingerprint density at radius 1 is 0.852 bits per heavy atom. The zero-order chi connectivity index (χ0) is 20.0. The van der Waals surface area contributed by atoms with Crippen LogP contribution in [0.1, 0.15) is 11.1 Å². The molecule has 0 saturated heterocycles. The summed E-state index contributed by atoms with van der Waals surface area (Å²) < 4.78 is 48.7. The molecule has 0 aliphatic heterocycles. The van der Waals surface area contributed by atoms with Gasteiger partial charge in [0, 0.05) is 6.54 Å². The van der Waals surface area contributed by atoms with Gasteiger partial charge in [0.05, 0.1) is 33.3 Å². The third kappa shape index (κ3) is 4.84. The van der Waals surface area contributed by atoms with Crippen molar-refractivity contribution in [1.29, 1.82) is 0 Å².